The van der Waals surface area contributed by atoms with Crippen LogP contribution in [0.3, 0.4) is 0 Å². The summed E-state index contributed by atoms with van der Waals surface area (Å²) in [7, 11) is 4.08. The number of hydrogen-bond donors (Lipinski definition) is 1. The lowest BCUT2D eigenvalue weighted by Gasteiger charge is -2.12. The van der Waals surface area contributed by atoms with Crippen LogP contribution in [-0.4, -0.2) is 48.2 Å². The maximum Gasteiger partial charge on any atom is 0.258 e. The van der Waals surface area contributed by atoms with Gasteiger partial charge in [-0.1, -0.05) is 38.1 Å². The molecule has 7 nitrogen and oxygen atoms in total. The second-order valence-corrected chi connectivity index (χ2v) is 8.70. The molecule has 0 fully saturated rings. The second-order valence-electron chi connectivity index (χ2n) is 8.70. The predicted molar refractivity (Wildman–Crippen MR) is 121 cm³/mol. The van der Waals surface area contributed by atoms with Crippen molar-refractivity contribution < 1.29 is 14.1 Å². The Morgan fingerprint density at radius 2 is 1.81 bits per heavy atom. The lowest BCUT2D eigenvalue weighted by Crippen LogP contribution is -2.15. The number of nitrogens with zero attached hydrogens (tertiary/aromatic N) is 3. The van der Waals surface area contributed by atoms with Gasteiger partial charge in [-0.15, -0.1) is 0 Å². The Labute approximate surface area is 183 Å². The van der Waals surface area contributed by atoms with Gasteiger partial charge >= 0.3 is 0 Å². The quantitative estimate of drug-likeness (QED) is 0.534. The number of nitrogens with one attached hydrogen (secondary N) is 1. The minimum Gasteiger partial charge on any atom is -0.494 e. The molecule has 0 saturated carbocycles. The molecule has 31 heavy (non-hydrogen) atoms. The molecular weight excluding hydrogens is 392 g/mol. The van der Waals surface area contributed by atoms with E-state index >= 15 is 0 Å². The fraction of sp³-hybridized carbons (Fsp3) is 0.375. The molecule has 3 aromatic rings. The first-order valence-corrected chi connectivity index (χ1v) is 10.4. The fourth-order valence-electron chi connectivity index (χ4n) is 2.91. The van der Waals surface area contributed by atoms with E-state index in [0.29, 0.717) is 35.1 Å². The molecule has 0 saturated heterocycles. The van der Waals surface area contributed by atoms with Gasteiger partial charge < -0.3 is 19.5 Å². The number of amides is 1. The van der Waals surface area contributed by atoms with Crippen LogP contribution in [0.5, 0.6) is 5.75 Å². The van der Waals surface area contributed by atoms with E-state index in [4.69, 9.17) is 9.26 Å². The van der Waals surface area contributed by atoms with Crippen LogP contribution in [0.25, 0.3) is 11.5 Å². The minimum absolute atomic E-state index is 0.241. The van der Waals surface area contributed by atoms with Crippen molar-refractivity contribution in [2.24, 2.45) is 0 Å². The minimum atomic E-state index is -0.245. The van der Waals surface area contributed by atoms with Crippen molar-refractivity contribution in [3.8, 4) is 17.2 Å². The number of ether oxygens (including phenoxy) is 1. The molecule has 1 amide bonds. The zero-order chi connectivity index (χ0) is 22.4. The molecule has 0 unspecified atom stereocenters. The average Bonchev–Trinajstić information content (AvgIpc) is 3.23. The Morgan fingerprint density at radius 1 is 1.10 bits per heavy atom. The van der Waals surface area contributed by atoms with Crippen molar-refractivity contribution in [1.29, 1.82) is 0 Å². The number of rotatable bonds is 8. The highest BCUT2D eigenvalue weighted by molar-refractivity contribution is 6.08. The lowest BCUT2D eigenvalue weighted by atomic mass is 9.96. The first kappa shape index (κ1) is 22.5. The molecule has 0 aliphatic rings. The van der Waals surface area contributed by atoms with E-state index in [9.17, 15) is 4.79 Å². The van der Waals surface area contributed by atoms with Gasteiger partial charge in [-0.3, -0.25) is 4.79 Å². The summed E-state index contributed by atoms with van der Waals surface area (Å²) >= 11 is 0. The van der Waals surface area contributed by atoms with Crippen molar-refractivity contribution >= 4 is 11.6 Å². The van der Waals surface area contributed by atoms with Crippen molar-refractivity contribution in [2.75, 3.05) is 32.6 Å². The van der Waals surface area contributed by atoms with Gasteiger partial charge in [0, 0.05) is 17.6 Å². The SMILES string of the molecule is CN(C)CCCOc1ccc(NC(=O)c2ccccc2-c2nc(C(C)(C)C)no2)cc1. The van der Waals surface area contributed by atoms with Crippen LogP contribution >= 0.6 is 0 Å². The standard InChI is InChI=1S/C24H30N4O3/c1-24(2,3)23-26-22(31-27-23)20-10-7-6-9-19(20)21(29)25-17-11-13-18(14-12-17)30-16-8-15-28(4)5/h6-7,9-14H,8,15-16H2,1-5H3,(H,25,29). The van der Waals surface area contributed by atoms with Crippen molar-refractivity contribution in [3.05, 3.63) is 59.9 Å². The maximum absolute atomic E-state index is 12.9. The third-order valence-corrected chi connectivity index (χ3v) is 4.63. The summed E-state index contributed by atoms with van der Waals surface area (Å²) in [5, 5.41) is 6.99. The molecule has 0 aliphatic heterocycles. The Kier molecular flexibility index (Phi) is 7.07. The van der Waals surface area contributed by atoms with Gasteiger partial charge in [0.05, 0.1) is 17.7 Å². The first-order chi connectivity index (χ1) is 14.7. The first-order valence-electron chi connectivity index (χ1n) is 10.4. The van der Waals surface area contributed by atoms with Crippen LogP contribution in [0, 0.1) is 0 Å². The zero-order valence-corrected chi connectivity index (χ0v) is 18.8. The summed E-state index contributed by atoms with van der Waals surface area (Å²) in [6, 6.07) is 14.6. The molecule has 0 aliphatic carbocycles. The van der Waals surface area contributed by atoms with Gasteiger partial charge in [-0.25, -0.2) is 0 Å². The molecule has 1 heterocycles. The molecule has 1 N–H and O–H groups in total. The van der Waals surface area contributed by atoms with Crippen LogP contribution in [0.15, 0.2) is 53.1 Å². The van der Waals surface area contributed by atoms with Crippen LogP contribution in [-0.2, 0) is 5.41 Å². The van der Waals surface area contributed by atoms with Gasteiger partial charge in [0.2, 0.25) is 0 Å². The summed E-state index contributed by atoms with van der Waals surface area (Å²) in [6.07, 6.45) is 0.953. The summed E-state index contributed by atoms with van der Waals surface area (Å²) in [4.78, 5) is 19.5. The monoisotopic (exact) mass is 422 g/mol. The molecule has 0 bridgehead atoms. The molecule has 164 valence electrons. The summed E-state index contributed by atoms with van der Waals surface area (Å²) in [5.41, 5.74) is 1.51. The van der Waals surface area contributed by atoms with Gasteiger partial charge in [0.1, 0.15) is 5.75 Å². The fourth-order valence-corrected chi connectivity index (χ4v) is 2.91. The highest BCUT2D eigenvalue weighted by Crippen LogP contribution is 2.27. The summed E-state index contributed by atoms with van der Waals surface area (Å²) < 4.78 is 11.2. The summed E-state index contributed by atoms with van der Waals surface area (Å²) in [6.45, 7) is 7.66. The average molecular weight is 423 g/mol. The van der Waals surface area contributed by atoms with Gasteiger partial charge in [-0.2, -0.15) is 4.98 Å². The van der Waals surface area contributed by atoms with E-state index in [0.717, 1.165) is 18.7 Å². The Hall–Kier alpha value is -3.19. The van der Waals surface area contributed by atoms with Gasteiger partial charge in [-0.05, 0) is 56.9 Å². The Bertz CT molecular complexity index is 1000. The van der Waals surface area contributed by atoms with Gasteiger partial charge in [0.25, 0.3) is 11.8 Å². The number of carbonyl (C=O) groups excluding carboxylic acids is 1. The largest absolute Gasteiger partial charge is 0.494 e. The normalized spacial score (nSPS) is 11.5. The van der Waals surface area contributed by atoms with E-state index in [2.05, 4.69) is 20.4 Å². The maximum atomic E-state index is 12.9. The van der Waals surface area contributed by atoms with Crippen LogP contribution in [0.4, 0.5) is 5.69 Å². The van der Waals surface area contributed by atoms with E-state index in [-0.39, 0.29) is 11.3 Å². The zero-order valence-electron chi connectivity index (χ0n) is 18.8. The topological polar surface area (TPSA) is 80.5 Å². The molecule has 1 aromatic heterocycles. The molecule has 0 radical (unpaired) electrons. The smallest absolute Gasteiger partial charge is 0.258 e. The van der Waals surface area contributed by atoms with E-state index in [1.807, 2.05) is 71.3 Å². The molecular formula is C24H30N4O3. The molecule has 7 heteroatoms. The number of anilines is 1. The van der Waals surface area contributed by atoms with E-state index in [1.165, 1.54) is 0 Å². The van der Waals surface area contributed by atoms with Gasteiger partial charge in [0.15, 0.2) is 5.82 Å². The van der Waals surface area contributed by atoms with Crippen molar-refractivity contribution in [2.45, 2.75) is 32.6 Å². The Balaban J connectivity index is 1.68. The molecule has 0 atom stereocenters. The number of aromatic nitrogens is 2. The molecule has 3 rings (SSSR count). The van der Waals surface area contributed by atoms with E-state index < -0.39 is 0 Å². The summed E-state index contributed by atoms with van der Waals surface area (Å²) in [5.74, 6) is 1.46. The Morgan fingerprint density at radius 3 is 2.45 bits per heavy atom. The van der Waals surface area contributed by atoms with Crippen LogP contribution in [0.2, 0.25) is 0 Å². The number of hydrogen-bond acceptors (Lipinski definition) is 6. The van der Waals surface area contributed by atoms with Crippen LogP contribution in [0.1, 0.15) is 43.4 Å². The lowest BCUT2D eigenvalue weighted by molar-refractivity contribution is 0.102. The number of benzene rings is 2. The highest BCUT2D eigenvalue weighted by atomic mass is 16.5. The second kappa shape index (κ2) is 9.75. The van der Waals surface area contributed by atoms with Crippen molar-refractivity contribution in [1.82, 2.24) is 15.0 Å². The highest BCUT2D eigenvalue weighted by Gasteiger charge is 2.23. The molecule has 2 aromatic carbocycles. The molecule has 0 spiro atoms. The predicted octanol–water partition coefficient (Wildman–Crippen LogP) is 4.62. The van der Waals surface area contributed by atoms with Crippen LogP contribution < -0.4 is 10.1 Å². The number of carbonyl (C=O) groups is 1. The third-order valence-electron chi connectivity index (χ3n) is 4.63. The van der Waals surface area contributed by atoms with Crippen molar-refractivity contribution in [3.63, 3.8) is 0 Å². The third kappa shape index (κ3) is 6.15. The van der Waals surface area contributed by atoms with E-state index in [1.54, 1.807) is 12.1 Å².